The zero-order chi connectivity index (χ0) is 13.8. The number of benzene rings is 1. The second-order valence-corrected chi connectivity index (χ2v) is 5.09. The van der Waals surface area contributed by atoms with E-state index in [4.69, 9.17) is 15.6 Å². The first kappa shape index (κ1) is 13.8. The molecule has 1 heterocycles. The molecule has 102 valence electrons. The van der Waals surface area contributed by atoms with Crippen molar-refractivity contribution in [2.24, 2.45) is 5.92 Å². The molecule has 0 aromatic heterocycles. The van der Waals surface area contributed by atoms with Gasteiger partial charge in [-0.25, -0.2) is 0 Å². The Morgan fingerprint density at radius 1 is 1.37 bits per heavy atom. The maximum atomic E-state index is 8.20. The predicted molar refractivity (Wildman–Crippen MR) is 79.0 cm³/mol. The summed E-state index contributed by atoms with van der Waals surface area (Å²) in [5.74, 6) is 1.27. The van der Waals surface area contributed by atoms with Gasteiger partial charge in [0.1, 0.15) is 5.75 Å². The van der Waals surface area contributed by atoms with Crippen molar-refractivity contribution in [3.05, 3.63) is 29.3 Å². The van der Waals surface area contributed by atoms with Crippen LogP contribution >= 0.6 is 0 Å². The van der Waals surface area contributed by atoms with Gasteiger partial charge < -0.3 is 15.6 Å². The molecule has 1 aliphatic rings. The van der Waals surface area contributed by atoms with E-state index < -0.39 is 0 Å². The summed E-state index contributed by atoms with van der Waals surface area (Å²) < 4.78 is 5.79. The molecule has 2 rings (SSSR count). The Hall–Kier alpha value is -1.64. The molecular formula is C16H22N2O. The summed E-state index contributed by atoms with van der Waals surface area (Å²) in [6.45, 7) is 4.99. The number of hydrogen-bond donors (Lipinski definition) is 2. The molecule has 0 spiro atoms. The van der Waals surface area contributed by atoms with Crippen LogP contribution in [0, 0.1) is 16.7 Å². The summed E-state index contributed by atoms with van der Waals surface area (Å²) in [5, 5.41) is 15.6. The number of rotatable bonds is 4. The minimum atomic E-state index is -0.111. The van der Waals surface area contributed by atoms with Gasteiger partial charge in [-0.2, -0.15) is 0 Å². The average molecular weight is 258 g/mol. The molecule has 1 aromatic carbocycles. The van der Waals surface area contributed by atoms with Crippen molar-refractivity contribution < 1.29 is 4.74 Å². The molecule has 0 fully saturated rings. The monoisotopic (exact) mass is 258 g/mol. The SMILES string of the molecule is CCC(CC)c1ccc2c(c1)OCCC(C=N)C2=N. The third-order valence-electron chi connectivity index (χ3n) is 4.01. The second kappa shape index (κ2) is 6.00. The minimum Gasteiger partial charge on any atom is -0.493 e. The average Bonchev–Trinajstić information content (AvgIpc) is 2.59. The molecule has 19 heavy (non-hydrogen) atoms. The quantitative estimate of drug-likeness (QED) is 0.788. The zero-order valence-electron chi connectivity index (χ0n) is 11.7. The normalized spacial score (nSPS) is 18.7. The van der Waals surface area contributed by atoms with Crippen LogP contribution in [0.5, 0.6) is 5.75 Å². The standard InChI is InChI=1S/C16H22N2O/c1-3-11(4-2)12-5-6-14-15(9-12)19-8-7-13(10-17)16(14)18/h5-6,9-11,13,17-18H,3-4,7-8H2,1-2H3. The molecule has 3 nitrogen and oxygen atoms in total. The number of hydrogen-bond acceptors (Lipinski definition) is 3. The Morgan fingerprint density at radius 3 is 2.74 bits per heavy atom. The highest BCUT2D eigenvalue weighted by atomic mass is 16.5. The first-order chi connectivity index (χ1) is 9.21. The van der Waals surface area contributed by atoms with Crippen LogP contribution in [-0.2, 0) is 0 Å². The molecule has 2 N–H and O–H groups in total. The molecule has 1 atom stereocenters. The van der Waals surface area contributed by atoms with Crippen LogP contribution in [-0.4, -0.2) is 18.5 Å². The van der Waals surface area contributed by atoms with Gasteiger partial charge in [0.05, 0.1) is 12.3 Å². The number of ether oxygens (including phenoxy) is 1. The Balaban J connectivity index is 2.38. The van der Waals surface area contributed by atoms with E-state index in [0.717, 1.165) is 30.6 Å². The van der Waals surface area contributed by atoms with Gasteiger partial charge in [-0.05, 0) is 42.9 Å². The maximum Gasteiger partial charge on any atom is 0.128 e. The third-order valence-corrected chi connectivity index (χ3v) is 4.01. The molecule has 1 unspecified atom stereocenters. The van der Waals surface area contributed by atoms with Crippen molar-refractivity contribution >= 4 is 11.9 Å². The summed E-state index contributed by atoms with van der Waals surface area (Å²) in [7, 11) is 0. The molecular weight excluding hydrogens is 236 g/mol. The summed E-state index contributed by atoms with van der Waals surface area (Å²) in [6.07, 6.45) is 4.32. The molecule has 0 bridgehead atoms. The van der Waals surface area contributed by atoms with Gasteiger partial charge in [0.2, 0.25) is 0 Å². The van der Waals surface area contributed by atoms with Gasteiger partial charge >= 0.3 is 0 Å². The van der Waals surface area contributed by atoms with Gasteiger partial charge in [-0.1, -0.05) is 19.9 Å². The summed E-state index contributed by atoms with van der Waals surface area (Å²) in [4.78, 5) is 0. The van der Waals surface area contributed by atoms with E-state index >= 15 is 0 Å². The molecule has 3 heteroatoms. The molecule has 0 amide bonds. The highest BCUT2D eigenvalue weighted by molar-refractivity contribution is 6.09. The molecule has 0 saturated heterocycles. The van der Waals surface area contributed by atoms with E-state index in [1.165, 1.54) is 11.8 Å². The van der Waals surface area contributed by atoms with Crippen molar-refractivity contribution in [1.29, 1.82) is 10.8 Å². The lowest BCUT2D eigenvalue weighted by Crippen LogP contribution is -2.15. The van der Waals surface area contributed by atoms with Crippen LogP contribution in [0.15, 0.2) is 18.2 Å². The first-order valence-electron chi connectivity index (χ1n) is 7.07. The van der Waals surface area contributed by atoms with Crippen molar-refractivity contribution in [2.75, 3.05) is 6.61 Å². The Labute approximate surface area is 115 Å². The van der Waals surface area contributed by atoms with Crippen LogP contribution in [0.4, 0.5) is 0 Å². The van der Waals surface area contributed by atoms with Gasteiger partial charge in [0.15, 0.2) is 0 Å². The number of fused-ring (bicyclic) bond motifs is 1. The fourth-order valence-electron chi connectivity index (χ4n) is 2.70. The first-order valence-corrected chi connectivity index (χ1v) is 7.07. The van der Waals surface area contributed by atoms with Gasteiger partial charge in [0, 0.05) is 17.7 Å². The highest BCUT2D eigenvalue weighted by Gasteiger charge is 2.22. The Morgan fingerprint density at radius 2 is 2.11 bits per heavy atom. The molecule has 0 aliphatic carbocycles. The fourth-order valence-corrected chi connectivity index (χ4v) is 2.70. The van der Waals surface area contributed by atoms with E-state index in [1.54, 1.807) is 0 Å². The molecule has 0 radical (unpaired) electrons. The molecule has 1 aromatic rings. The Bertz CT molecular complexity index is 478. The van der Waals surface area contributed by atoms with Crippen molar-refractivity contribution in [1.82, 2.24) is 0 Å². The third kappa shape index (κ3) is 2.70. The fraction of sp³-hybridized carbons (Fsp3) is 0.500. The Kier molecular flexibility index (Phi) is 4.35. The molecule has 0 saturated carbocycles. The van der Waals surface area contributed by atoms with E-state index in [0.29, 0.717) is 18.2 Å². The lowest BCUT2D eigenvalue weighted by Gasteiger charge is -2.16. The van der Waals surface area contributed by atoms with Crippen molar-refractivity contribution in [2.45, 2.75) is 39.0 Å². The summed E-state index contributed by atoms with van der Waals surface area (Å²) in [6, 6.07) is 6.20. The minimum absolute atomic E-state index is 0.111. The molecule has 1 aliphatic heterocycles. The maximum absolute atomic E-state index is 8.20. The van der Waals surface area contributed by atoms with Crippen LogP contribution in [0.2, 0.25) is 0 Å². The van der Waals surface area contributed by atoms with Crippen LogP contribution in [0.3, 0.4) is 0 Å². The van der Waals surface area contributed by atoms with E-state index in [2.05, 4.69) is 26.0 Å². The van der Waals surface area contributed by atoms with E-state index in [1.807, 2.05) is 6.07 Å². The largest absolute Gasteiger partial charge is 0.493 e. The van der Waals surface area contributed by atoms with Gasteiger partial charge in [0.25, 0.3) is 0 Å². The van der Waals surface area contributed by atoms with Crippen LogP contribution in [0.1, 0.15) is 50.2 Å². The van der Waals surface area contributed by atoms with Crippen molar-refractivity contribution in [3.8, 4) is 5.75 Å². The summed E-state index contributed by atoms with van der Waals surface area (Å²) >= 11 is 0. The summed E-state index contributed by atoms with van der Waals surface area (Å²) in [5.41, 5.74) is 2.66. The smallest absolute Gasteiger partial charge is 0.128 e. The van der Waals surface area contributed by atoms with E-state index in [-0.39, 0.29) is 5.92 Å². The van der Waals surface area contributed by atoms with Gasteiger partial charge in [-0.15, -0.1) is 0 Å². The van der Waals surface area contributed by atoms with Gasteiger partial charge in [-0.3, -0.25) is 0 Å². The number of nitrogens with one attached hydrogen (secondary N) is 2. The predicted octanol–water partition coefficient (Wildman–Crippen LogP) is 4.01. The lowest BCUT2D eigenvalue weighted by molar-refractivity contribution is 0.311. The second-order valence-electron chi connectivity index (χ2n) is 5.09. The van der Waals surface area contributed by atoms with Crippen LogP contribution in [0.25, 0.3) is 0 Å². The van der Waals surface area contributed by atoms with Crippen LogP contribution < -0.4 is 4.74 Å². The topological polar surface area (TPSA) is 56.9 Å². The lowest BCUT2D eigenvalue weighted by atomic mass is 9.90. The zero-order valence-corrected chi connectivity index (χ0v) is 11.7. The van der Waals surface area contributed by atoms with E-state index in [9.17, 15) is 0 Å². The highest BCUT2D eigenvalue weighted by Crippen LogP contribution is 2.32. The van der Waals surface area contributed by atoms with Crippen molar-refractivity contribution in [3.63, 3.8) is 0 Å².